The van der Waals surface area contributed by atoms with Crippen molar-refractivity contribution >= 4 is 10.0 Å². The predicted molar refractivity (Wildman–Crippen MR) is 73.6 cm³/mol. The van der Waals surface area contributed by atoms with Gasteiger partial charge in [-0.15, -0.1) is 0 Å². The van der Waals surface area contributed by atoms with Crippen LogP contribution in [0.15, 0.2) is 0 Å². The van der Waals surface area contributed by atoms with Gasteiger partial charge >= 0.3 is 0 Å². The zero-order valence-electron chi connectivity index (χ0n) is 11.9. The summed E-state index contributed by atoms with van der Waals surface area (Å²) < 4.78 is 37.3. The maximum Gasteiger partial charge on any atom is 0.213 e. The van der Waals surface area contributed by atoms with Gasteiger partial charge in [-0.2, -0.15) is 0 Å². The molecule has 2 rings (SSSR count). The summed E-state index contributed by atoms with van der Waals surface area (Å²) in [5.74, 6) is 0.170. The van der Waals surface area contributed by atoms with Crippen molar-refractivity contribution < 1.29 is 17.9 Å². The van der Waals surface area contributed by atoms with Crippen molar-refractivity contribution in [2.75, 3.05) is 38.7 Å². The number of fused-ring (bicyclic) bond motifs is 1. The van der Waals surface area contributed by atoms with Crippen LogP contribution >= 0.6 is 0 Å². The number of nitrogens with zero attached hydrogens (tertiary/aromatic N) is 1. The van der Waals surface area contributed by atoms with Crippen molar-refractivity contribution in [3.05, 3.63) is 0 Å². The lowest BCUT2D eigenvalue weighted by atomic mass is 9.73. The molecule has 0 aromatic carbocycles. The average Bonchev–Trinajstić information content (AvgIpc) is 2.44. The van der Waals surface area contributed by atoms with E-state index in [4.69, 9.17) is 9.47 Å². The van der Waals surface area contributed by atoms with E-state index >= 15 is 0 Å². The van der Waals surface area contributed by atoms with E-state index < -0.39 is 10.0 Å². The van der Waals surface area contributed by atoms with Gasteiger partial charge in [0.15, 0.2) is 0 Å². The molecule has 0 unspecified atom stereocenters. The quantitative estimate of drug-likeness (QED) is 0.765. The van der Waals surface area contributed by atoms with Crippen molar-refractivity contribution in [3.63, 3.8) is 0 Å². The minimum atomic E-state index is -3.11. The molecule has 2 saturated heterocycles. The van der Waals surface area contributed by atoms with Gasteiger partial charge in [0, 0.05) is 31.7 Å². The molecule has 0 amide bonds. The fraction of sp³-hybridized carbons (Fsp3) is 1.00. The summed E-state index contributed by atoms with van der Waals surface area (Å²) in [4.78, 5) is 0. The van der Waals surface area contributed by atoms with Crippen LogP contribution in [0.1, 0.15) is 33.1 Å². The van der Waals surface area contributed by atoms with Crippen LogP contribution in [0.4, 0.5) is 0 Å². The maximum atomic E-state index is 12.1. The van der Waals surface area contributed by atoms with Crippen LogP contribution in [0.2, 0.25) is 0 Å². The van der Waals surface area contributed by atoms with Gasteiger partial charge < -0.3 is 9.47 Å². The molecule has 19 heavy (non-hydrogen) atoms. The number of rotatable bonds is 5. The van der Waals surface area contributed by atoms with Gasteiger partial charge in [-0.3, -0.25) is 0 Å². The Kier molecular flexibility index (Phi) is 4.87. The van der Waals surface area contributed by atoms with Gasteiger partial charge in [0.25, 0.3) is 0 Å². The van der Waals surface area contributed by atoms with Crippen LogP contribution in [0, 0.1) is 5.41 Å². The molecule has 0 saturated carbocycles. The molecular weight excluding hydrogens is 266 g/mol. The number of hydrogen-bond acceptors (Lipinski definition) is 4. The Balaban J connectivity index is 2.16. The smallest absolute Gasteiger partial charge is 0.213 e. The minimum absolute atomic E-state index is 0.144. The van der Waals surface area contributed by atoms with E-state index in [1.54, 1.807) is 11.2 Å². The summed E-state index contributed by atoms with van der Waals surface area (Å²) in [5, 5.41) is 0. The first-order valence-corrected chi connectivity index (χ1v) is 8.82. The van der Waals surface area contributed by atoms with E-state index in [1.807, 2.05) is 6.92 Å². The molecule has 0 aliphatic carbocycles. The van der Waals surface area contributed by atoms with Crippen LogP contribution < -0.4 is 0 Å². The van der Waals surface area contributed by atoms with Crippen molar-refractivity contribution in [2.24, 2.45) is 5.41 Å². The maximum absolute atomic E-state index is 12.1. The first kappa shape index (κ1) is 15.2. The topological polar surface area (TPSA) is 55.8 Å². The Morgan fingerprint density at radius 3 is 2.89 bits per heavy atom. The number of sulfonamides is 1. The molecule has 6 heteroatoms. The molecule has 0 radical (unpaired) electrons. The van der Waals surface area contributed by atoms with Crippen LogP contribution in [0.5, 0.6) is 0 Å². The fourth-order valence-electron chi connectivity index (χ4n) is 3.19. The third-order valence-electron chi connectivity index (χ3n) is 4.30. The second-order valence-electron chi connectivity index (χ2n) is 5.49. The highest BCUT2D eigenvalue weighted by atomic mass is 32.2. The summed E-state index contributed by atoms with van der Waals surface area (Å²) in [7, 11) is -3.11. The second-order valence-corrected chi connectivity index (χ2v) is 7.74. The Labute approximate surface area is 116 Å². The fourth-order valence-corrected chi connectivity index (χ4v) is 4.39. The van der Waals surface area contributed by atoms with Gasteiger partial charge in [0.05, 0.1) is 18.5 Å². The molecule has 2 atom stereocenters. The van der Waals surface area contributed by atoms with Gasteiger partial charge in [-0.25, -0.2) is 12.7 Å². The molecule has 0 spiro atoms. The number of hydrogen-bond donors (Lipinski definition) is 0. The van der Waals surface area contributed by atoms with E-state index in [0.29, 0.717) is 26.3 Å². The van der Waals surface area contributed by atoms with Crippen LogP contribution in [-0.4, -0.2) is 57.5 Å². The van der Waals surface area contributed by atoms with E-state index in [9.17, 15) is 8.42 Å². The monoisotopic (exact) mass is 291 g/mol. The Morgan fingerprint density at radius 1 is 1.42 bits per heavy atom. The van der Waals surface area contributed by atoms with Crippen molar-refractivity contribution in [1.82, 2.24) is 4.31 Å². The third kappa shape index (κ3) is 3.12. The van der Waals surface area contributed by atoms with Gasteiger partial charge in [0.1, 0.15) is 0 Å². The largest absolute Gasteiger partial charge is 0.381 e. The second kappa shape index (κ2) is 6.08. The Morgan fingerprint density at radius 2 is 2.21 bits per heavy atom. The molecular formula is C13H25NO4S. The SMILES string of the molecule is CCOC[C@@]12CCCO[C@H]1CCN(S(=O)(=O)CC)C2. The molecule has 0 N–H and O–H groups in total. The van der Waals surface area contributed by atoms with E-state index in [2.05, 4.69) is 0 Å². The molecule has 2 aliphatic heterocycles. The minimum Gasteiger partial charge on any atom is -0.381 e. The Bertz CT molecular complexity index is 397. The number of ether oxygens (including phenoxy) is 2. The van der Waals surface area contributed by atoms with E-state index in [0.717, 1.165) is 25.9 Å². The highest BCUT2D eigenvalue weighted by molar-refractivity contribution is 7.89. The average molecular weight is 291 g/mol. The van der Waals surface area contributed by atoms with Crippen molar-refractivity contribution in [3.8, 4) is 0 Å². The zero-order chi connectivity index (χ0) is 13.9. The van der Waals surface area contributed by atoms with E-state index in [1.165, 1.54) is 0 Å². The highest BCUT2D eigenvalue weighted by Gasteiger charge is 2.48. The zero-order valence-corrected chi connectivity index (χ0v) is 12.7. The van der Waals surface area contributed by atoms with Crippen LogP contribution in [-0.2, 0) is 19.5 Å². The molecule has 112 valence electrons. The van der Waals surface area contributed by atoms with Gasteiger partial charge in [-0.05, 0) is 33.1 Å². The molecule has 2 heterocycles. The summed E-state index contributed by atoms with van der Waals surface area (Å²) in [6.45, 7) is 6.85. The molecule has 0 aromatic rings. The normalized spacial score (nSPS) is 33.1. The first-order valence-electron chi connectivity index (χ1n) is 7.21. The Hall–Kier alpha value is -0.170. The molecule has 0 aromatic heterocycles. The highest BCUT2D eigenvalue weighted by Crippen LogP contribution is 2.41. The molecule has 5 nitrogen and oxygen atoms in total. The third-order valence-corrected chi connectivity index (χ3v) is 6.13. The standard InChI is InChI=1S/C13H25NO4S/c1-3-17-11-13-7-5-9-18-12(13)6-8-14(10-13)19(15,16)4-2/h12H,3-11H2,1-2H3/t12-,13-/m0/s1. The predicted octanol–water partition coefficient (Wildman–Crippen LogP) is 1.24. The summed E-state index contributed by atoms with van der Waals surface area (Å²) in [5.41, 5.74) is -0.144. The van der Waals surface area contributed by atoms with Crippen LogP contribution in [0.3, 0.4) is 0 Å². The summed E-state index contributed by atoms with van der Waals surface area (Å²) in [6.07, 6.45) is 2.92. The van der Waals surface area contributed by atoms with Crippen LogP contribution in [0.25, 0.3) is 0 Å². The van der Waals surface area contributed by atoms with Crippen molar-refractivity contribution in [1.29, 1.82) is 0 Å². The first-order chi connectivity index (χ1) is 9.04. The molecule has 2 fully saturated rings. The number of piperidine rings is 1. The lowest BCUT2D eigenvalue weighted by Crippen LogP contribution is -2.58. The van der Waals surface area contributed by atoms with Gasteiger partial charge in [0.2, 0.25) is 10.0 Å². The summed E-state index contributed by atoms with van der Waals surface area (Å²) in [6, 6.07) is 0. The molecule has 0 bridgehead atoms. The lowest BCUT2D eigenvalue weighted by molar-refractivity contribution is -0.141. The lowest BCUT2D eigenvalue weighted by Gasteiger charge is -2.49. The molecule has 2 aliphatic rings. The van der Waals surface area contributed by atoms with E-state index in [-0.39, 0.29) is 17.3 Å². The van der Waals surface area contributed by atoms with Crippen molar-refractivity contribution in [2.45, 2.75) is 39.2 Å². The summed E-state index contributed by atoms with van der Waals surface area (Å²) >= 11 is 0. The van der Waals surface area contributed by atoms with Gasteiger partial charge in [-0.1, -0.05) is 0 Å².